The Morgan fingerprint density at radius 2 is 1.81 bits per heavy atom. The van der Waals surface area contributed by atoms with Gasteiger partial charge in [0, 0.05) is 11.9 Å². The van der Waals surface area contributed by atoms with E-state index in [0.29, 0.717) is 0 Å². The summed E-state index contributed by atoms with van der Waals surface area (Å²) >= 11 is 0. The predicted molar refractivity (Wildman–Crippen MR) is 95.3 cm³/mol. The smallest absolute Gasteiger partial charge is 0.337 e. The number of hydrogen-bond donors (Lipinski definition) is 3. The van der Waals surface area contributed by atoms with Crippen LogP contribution in [0.5, 0.6) is 0 Å². The molecule has 1 aromatic carbocycles. The van der Waals surface area contributed by atoms with E-state index < -0.39 is 33.7 Å². The van der Waals surface area contributed by atoms with E-state index in [1.165, 1.54) is 12.1 Å². The lowest BCUT2D eigenvalue weighted by atomic mass is 10.1. The lowest BCUT2D eigenvalue weighted by Gasteiger charge is -2.15. The van der Waals surface area contributed by atoms with Gasteiger partial charge in [-0.1, -0.05) is 13.8 Å². The van der Waals surface area contributed by atoms with Crippen LogP contribution in [0.2, 0.25) is 0 Å². The van der Waals surface area contributed by atoms with Gasteiger partial charge in [-0.05, 0) is 24.1 Å². The molecule has 10 heteroatoms. The van der Waals surface area contributed by atoms with Crippen LogP contribution in [0, 0.1) is 5.92 Å². The molecule has 0 radical (unpaired) electrons. The SMILES string of the molecule is COC(=O)c1cc(NC(=O)CNC(=O)[C@@H](N)C(C)C)cc(S(C)(=O)=O)c1. The van der Waals surface area contributed by atoms with Gasteiger partial charge in [0.2, 0.25) is 11.8 Å². The van der Waals surface area contributed by atoms with Crippen LogP contribution in [-0.4, -0.2) is 52.2 Å². The highest BCUT2D eigenvalue weighted by Crippen LogP contribution is 2.20. The minimum Gasteiger partial charge on any atom is -0.465 e. The molecule has 0 aliphatic heterocycles. The zero-order chi connectivity index (χ0) is 20.1. The monoisotopic (exact) mass is 385 g/mol. The zero-order valence-electron chi connectivity index (χ0n) is 15.0. The molecule has 1 atom stereocenters. The first-order chi connectivity index (χ1) is 12.0. The maximum absolute atomic E-state index is 12.0. The fraction of sp³-hybridized carbons (Fsp3) is 0.438. The number of ether oxygens (including phenoxy) is 1. The van der Waals surface area contributed by atoms with Crippen LogP contribution in [-0.2, 0) is 24.2 Å². The summed E-state index contributed by atoms with van der Waals surface area (Å²) in [6, 6.07) is 2.89. The number of hydrogen-bond acceptors (Lipinski definition) is 7. The lowest BCUT2D eigenvalue weighted by Crippen LogP contribution is -2.46. The fourth-order valence-corrected chi connectivity index (χ4v) is 2.60. The Balaban J connectivity index is 2.93. The van der Waals surface area contributed by atoms with Crippen LogP contribution in [0.25, 0.3) is 0 Å². The summed E-state index contributed by atoms with van der Waals surface area (Å²) in [5, 5.41) is 4.82. The largest absolute Gasteiger partial charge is 0.465 e. The van der Waals surface area contributed by atoms with Crippen molar-refractivity contribution >= 4 is 33.3 Å². The van der Waals surface area contributed by atoms with Crippen molar-refractivity contribution in [3.63, 3.8) is 0 Å². The van der Waals surface area contributed by atoms with E-state index in [1.807, 2.05) is 0 Å². The minimum atomic E-state index is -3.62. The van der Waals surface area contributed by atoms with E-state index in [0.717, 1.165) is 19.4 Å². The molecular formula is C16H23N3O6S. The molecule has 0 aliphatic rings. The number of nitrogens with one attached hydrogen (secondary N) is 2. The molecule has 1 aromatic rings. The number of sulfone groups is 1. The van der Waals surface area contributed by atoms with Crippen molar-refractivity contribution in [2.75, 3.05) is 25.2 Å². The summed E-state index contributed by atoms with van der Waals surface area (Å²) in [4.78, 5) is 35.3. The first-order valence-corrected chi connectivity index (χ1v) is 9.61. The Morgan fingerprint density at radius 3 is 2.31 bits per heavy atom. The van der Waals surface area contributed by atoms with Crippen LogP contribution >= 0.6 is 0 Å². The molecule has 9 nitrogen and oxygen atoms in total. The number of benzene rings is 1. The Labute approximate surface area is 152 Å². The zero-order valence-corrected chi connectivity index (χ0v) is 15.8. The molecule has 0 saturated carbocycles. The van der Waals surface area contributed by atoms with Crippen molar-refractivity contribution < 1.29 is 27.5 Å². The summed E-state index contributed by atoms with van der Waals surface area (Å²) in [7, 11) is -2.46. The number of amides is 2. The third-order valence-corrected chi connectivity index (χ3v) is 4.58. The molecule has 0 aromatic heterocycles. The van der Waals surface area contributed by atoms with Gasteiger partial charge >= 0.3 is 5.97 Å². The van der Waals surface area contributed by atoms with Gasteiger partial charge in [-0.15, -0.1) is 0 Å². The first kappa shape index (κ1) is 21.6. The Kier molecular flexibility index (Phi) is 7.28. The van der Waals surface area contributed by atoms with Gasteiger partial charge < -0.3 is 21.1 Å². The summed E-state index contributed by atoms with van der Waals surface area (Å²) in [6.07, 6.45) is 0.975. The lowest BCUT2D eigenvalue weighted by molar-refractivity contribution is -0.125. The van der Waals surface area contributed by atoms with E-state index in [-0.39, 0.29) is 28.6 Å². The van der Waals surface area contributed by atoms with E-state index in [9.17, 15) is 22.8 Å². The maximum atomic E-state index is 12.0. The Hall–Kier alpha value is -2.46. The number of methoxy groups -OCH3 is 1. The van der Waals surface area contributed by atoms with Crippen LogP contribution < -0.4 is 16.4 Å². The van der Waals surface area contributed by atoms with Gasteiger partial charge in [0.15, 0.2) is 9.84 Å². The molecular weight excluding hydrogens is 362 g/mol. The molecule has 0 spiro atoms. The third kappa shape index (κ3) is 6.12. The Morgan fingerprint density at radius 1 is 1.19 bits per heavy atom. The van der Waals surface area contributed by atoms with Gasteiger partial charge in [0.05, 0.1) is 30.2 Å². The second kappa shape index (κ2) is 8.77. The number of rotatable bonds is 7. The fourth-order valence-electron chi connectivity index (χ4n) is 1.91. The van der Waals surface area contributed by atoms with Crippen molar-refractivity contribution in [2.24, 2.45) is 11.7 Å². The van der Waals surface area contributed by atoms with Gasteiger partial charge in [-0.25, -0.2) is 13.2 Å². The van der Waals surface area contributed by atoms with E-state index in [1.54, 1.807) is 13.8 Å². The second-order valence-corrected chi connectivity index (χ2v) is 8.06. The van der Waals surface area contributed by atoms with Gasteiger partial charge in [-0.2, -0.15) is 0 Å². The molecule has 144 valence electrons. The highest BCUT2D eigenvalue weighted by Gasteiger charge is 2.19. The second-order valence-electron chi connectivity index (χ2n) is 6.05. The van der Waals surface area contributed by atoms with E-state index in [2.05, 4.69) is 15.4 Å². The molecule has 4 N–H and O–H groups in total. The molecule has 0 unspecified atom stereocenters. The molecule has 26 heavy (non-hydrogen) atoms. The van der Waals surface area contributed by atoms with Gasteiger partial charge in [0.25, 0.3) is 0 Å². The van der Waals surface area contributed by atoms with Crippen molar-refractivity contribution in [1.82, 2.24) is 5.32 Å². The van der Waals surface area contributed by atoms with Crippen molar-refractivity contribution in [1.29, 1.82) is 0 Å². The summed E-state index contributed by atoms with van der Waals surface area (Å²) in [5.74, 6) is -1.92. The van der Waals surface area contributed by atoms with Crippen LogP contribution in [0.4, 0.5) is 5.69 Å². The quantitative estimate of drug-likeness (QED) is 0.556. The molecule has 0 aliphatic carbocycles. The molecule has 0 heterocycles. The molecule has 0 fully saturated rings. The van der Waals surface area contributed by atoms with Crippen molar-refractivity contribution in [2.45, 2.75) is 24.8 Å². The average molecular weight is 385 g/mol. The first-order valence-electron chi connectivity index (χ1n) is 7.72. The maximum Gasteiger partial charge on any atom is 0.337 e. The highest BCUT2D eigenvalue weighted by molar-refractivity contribution is 7.90. The normalized spacial score (nSPS) is 12.4. The number of esters is 1. The molecule has 1 rings (SSSR count). The standard InChI is InChI=1S/C16H23N3O6S/c1-9(2)14(17)15(21)18-8-13(20)19-11-5-10(16(22)25-3)6-12(7-11)26(4,23)24/h5-7,9,14H,8,17H2,1-4H3,(H,18,21)(H,19,20)/t14-/m0/s1. The predicted octanol–water partition coefficient (Wildman–Crippen LogP) is -0.0853. The highest BCUT2D eigenvalue weighted by atomic mass is 32.2. The Bertz CT molecular complexity index is 804. The topological polar surface area (TPSA) is 145 Å². The van der Waals surface area contributed by atoms with Gasteiger partial charge in [0.1, 0.15) is 0 Å². The number of nitrogens with two attached hydrogens (primary N) is 1. The van der Waals surface area contributed by atoms with E-state index in [4.69, 9.17) is 5.73 Å². The average Bonchev–Trinajstić information content (AvgIpc) is 2.56. The number of carbonyl (C=O) groups excluding carboxylic acids is 3. The third-order valence-electron chi connectivity index (χ3n) is 3.48. The molecule has 0 bridgehead atoms. The summed E-state index contributed by atoms with van der Waals surface area (Å²) in [5.41, 5.74) is 5.73. The van der Waals surface area contributed by atoms with Crippen molar-refractivity contribution in [3.8, 4) is 0 Å². The minimum absolute atomic E-state index is 0.0309. The van der Waals surface area contributed by atoms with Gasteiger partial charge in [-0.3, -0.25) is 9.59 Å². The molecule has 2 amide bonds. The van der Waals surface area contributed by atoms with E-state index >= 15 is 0 Å². The summed E-state index contributed by atoms with van der Waals surface area (Å²) in [6.45, 7) is 3.20. The van der Waals surface area contributed by atoms with Crippen molar-refractivity contribution in [3.05, 3.63) is 23.8 Å². The van der Waals surface area contributed by atoms with Crippen LogP contribution in [0.1, 0.15) is 24.2 Å². The number of carbonyl (C=O) groups is 3. The van der Waals surface area contributed by atoms with Crippen LogP contribution in [0.15, 0.2) is 23.1 Å². The molecule has 0 saturated heterocycles. The number of anilines is 1. The summed E-state index contributed by atoms with van der Waals surface area (Å²) < 4.78 is 28.1. The van der Waals surface area contributed by atoms with Crippen LogP contribution in [0.3, 0.4) is 0 Å².